The SMILES string of the molecule is CC(Cc1ccc2c(c1)OCO2)NC(=O)Oc1ccc(CC(N)C(=O)O)cc1. The first-order valence-electron chi connectivity index (χ1n) is 8.85. The third-order valence-electron chi connectivity index (χ3n) is 4.25. The summed E-state index contributed by atoms with van der Waals surface area (Å²) in [6, 6.07) is 11.1. The number of amides is 1. The maximum Gasteiger partial charge on any atom is 0.412 e. The summed E-state index contributed by atoms with van der Waals surface area (Å²) < 4.78 is 15.9. The minimum absolute atomic E-state index is 0.152. The zero-order valence-corrected chi connectivity index (χ0v) is 15.4. The maximum absolute atomic E-state index is 12.1. The molecule has 0 saturated carbocycles. The van der Waals surface area contributed by atoms with Gasteiger partial charge in [-0.1, -0.05) is 18.2 Å². The Hall–Kier alpha value is -3.26. The number of rotatable bonds is 7. The molecule has 1 aliphatic heterocycles. The molecular weight excluding hydrogens is 364 g/mol. The molecule has 0 spiro atoms. The van der Waals surface area contributed by atoms with E-state index < -0.39 is 18.1 Å². The summed E-state index contributed by atoms with van der Waals surface area (Å²) in [6.45, 7) is 2.10. The van der Waals surface area contributed by atoms with Gasteiger partial charge in [0.05, 0.1) is 0 Å². The molecule has 2 aromatic rings. The molecule has 1 heterocycles. The fraction of sp³-hybridized carbons (Fsp3) is 0.300. The molecule has 0 fully saturated rings. The number of ether oxygens (including phenoxy) is 3. The van der Waals surface area contributed by atoms with E-state index in [0.29, 0.717) is 17.9 Å². The van der Waals surface area contributed by atoms with Gasteiger partial charge in [0.25, 0.3) is 0 Å². The summed E-state index contributed by atoms with van der Waals surface area (Å²) in [6.07, 6.45) is 0.245. The molecule has 0 bridgehead atoms. The monoisotopic (exact) mass is 386 g/mol. The number of aliphatic carboxylic acids is 1. The predicted octanol–water partition coefficient (Wildman–Crippen LogP) is 2.09. The second kappa shape index (κ2) is 8.62. The number of carbonyl (C=O) groups excluding carboxylic acids is 1. The van der Waals surface area contributed by atoms with Gasteiger partial charge in [-0.2, -0.15) is 0 Å². The van der Waals surface area contributed by atoms with Crippen LogP contribution in [0.5, 0.6) is 17.2 Å². The summed E-state index contributed by atoms with van der Waals surface area (Å²) in [4.78, 5) is 22.9. The number of carboxylic acids is 1. The zero-order chi connectivity index (χ0) is 20.1. The van der Waals surface area contributed by atoms with Gasteiger partial charge in [0.15, 0.2) is 11.5 Å². The normalized spacial score (nSPS) is 14.2. The van der Waals surface area contributed by atoms with Gasteiger partial charge in [-0.05, 0) is 55.2 Å². The number of hydrogen-bond acceptors (Lipinski definition) is 6. The van der Waals surface area contributed by atoms with Crippen LogP contribution in [0.4, 0.5) is 4.79 Å². The molecule has 8 heteroatoms. The number of fused-ring (bicyclic) bond motifs is 1. The highest BCUT2D eigenvalue weighted by Crippen LogP contribution is 2.32. The molecule has 2 unspecified atom stereocenters. The minimum atomic E-state index is -1.06. The number of carboxylic acid groups (broad SMARTS) is 1. The molecule has 8 nitrogen and oxygen atoms in total. The average molecular weight is 386 g/mol. The molecule has 0 aromatic heterocycles. The second-order valence-electron chi connectivity index (χ2n) is 6.62. The van der Waals surface area contributed by atoms with Crippen molar-refractivity contribution in [3.8, 4) is 17.2 Å². The number of nitrogens with one attached hydrogen (secondary N) is 1. The van der Waals surface area contributed by atoms with Crippen molar-refractivity contribution >= 4 is 12.1 Å². The molecule has 1 aliphatic rings. The van der Waals surface area contributed by atoms with Crippen LogP contribution in [0.25, 0.3) is 0 Å². The van der Waals surface area contributed by atoms with Crippen LogP contribution < -0.4 is 25.3 Å². The molecule has 0 saturated heterocycles. The molecule has 28 heavy (non-hydrogen) atoms. The predicted molar refractivity (Wildman–Crippen MR) is 101 cm³/mol. The van der Waals surface area contributed by atoms with Gasteiger partial charge in [-0.3, -0.25) is 4.79 Å². The van der Waals surface area contributed by atoms with Crippen molar-refractivity contribution < 1.29 is 28.9 Å². The van der Waals surface area contributed by atoms with Crippen LogP contribution in [0.15, 0.2) is 42.5 Å². The van der Waals surface area contributed by atoms with Crippen molar-refractivity contribution in [2.75, 3.05) is 6.79 Å². The van der Waals surface area contributed by atoms with Gasteiger partial charge in [-0.25, -0.2) is 4.79 Å². The Labute approximate surface area is 162 Å². The smallest absolute Gasteiger partial charge is 0.412 e. The summed E-state index contributed by atoms with van der Waals surface area (Å²) in [5.41, 5.74) is 7.26. The van der Waals surface area contributed by atoms with Crippen molar-refractivity contribution in [3.05, 3.63) is 53.6 Å². The lowest BCUT2D eigenvalue weighted by atomic mass is 10.1. The standard InChI is InChI=1S/C20H22N2O6/c1-12(8-14-4-7-17-18(10-14)27-11-26-17)22-20(25)28-15-5-2-13(3-6-15)9-16(21)19(23)24/h2-7,10,12,16H,8-9,11,21H2,1H3,(H,22,25)(H,23,24). The summed E-state index contributed by atoms with van der Waals surface area (Å²) in [5, 5.41) is 11.6. The fourth-order valence-corrected chi connectivity index (χ4v) is 2.85. The van der Waals surface area contributed by atoms with Crippen LogP contribution in [0.2, 0.25) is 0 Å². The van der Waals surface area contributed by atoms with Gasteiger partial charge < -0.3 is 30.4 Å². The highest BCUT2D eigenvalue weighted by molar-refractivity contribution is 5.73. The molecule has 0 radical (unpaired) electrons. The molecule has 4 N–H and O–H groups in total. The molecular formula is C20H22N2O6. The van der Waals surface area contributed by atoms with Crippen molar-refractivity contribution in [3.63, 3.8) is 0 Å². The summed E-state index contributed by atoms with van der Waals surface area (Å²) in [7, 11) is 0. The number of nitrogens with two attached hydrogens (primary N) is 1. The van der Waals surface area contributed by atoms with E-state index >= 15 is 0 Å². The zero-order valence-electron chi connectivity index (χ0n) is 15.4. The van der Waals surface area contributed by atoms with Crippen LogP contribution in [-0.2, 0) is 17.6 Å². The van der Waals surface area contributed by atoms with Gasteiger partial charge in [-0.15, -0.1) is 0 Å². The first kappa shape index (κ1) is 19.5. The lowest BCUT2D eigenvalue weighted by Crippen LogP contribution is -2.36. The molecule has 0 aliphatic carbocycles. The Balaban J connectivity index is 1.48. The van der Waals surface area contributed by atoms with Crippen molar-refractivity contribution in [2.24, 2.45) is 5.73 Å². The Morgan fingerprint density at radius 3 is 2.50 bits per heavy atom. The fourth-order valence-electron chi connectivity index (χ4n) is 2.85. The van der Waals surface area contributed by atoms with Crippen molar-refractivity contribution in [1.29, 1.82) is 0 Å². The number of benzene rings is 2. The van der Waals surface area contributed by atoms with E-state index in [9.17, 15) is 9.59 Å². The maximum atomic E-state index is 12.1. The molecule has 3 rings (SSSR count). The second-order valence-corrected chi connectivity index (χ2v) is 6.62. The van der Waals surface area contributed by atoms with Gasteiger partial charge >= 0.3 is 12.1 Å². The lowest BCUT2D eigenvalue weighted by molar-refractivity contribution is -0.138. The van der Waals surface area contributed by atoms with Crippen LogP contribution in [0.1, 0.15) is 18.1 Å². The summed E-state index contributed by atoms with van der Waals surface area (Å²) >= 11 is 0. The van der Waals surface area contributed by atoms with E-state index in [1.165, 1.54) is 0 Å². The first-order chi connectivity index (χ1) is 13.4. The number of hydrogen-bond donors (Lipinski definition) is 3. The molecule has 148 valence electrons. The molecule has 1 amide bonds. The number of carbonyl (C=O) groups is 2. The lowest BCUT2D eigenvalue weighted by Gasteiger charge is -2.14. The van der Waals surface area contributed by atoms with E-state index in [4.69, 9.17) is 25.1 Å². The summed E-state index contributed by atoms with van der Waals surface area (Å²) in [5.74, 6) is 0.725. The Morgan fingerprint density at radius 1 is 1.11 bits per heavy atom. The van der Waals surface area contributed by atoms with Gasteiger partial charge in [0, 0.05) is 6.04 Å². The molecule has 2 aromatic carbocycles. The third kappa shape index (κ3) is 5.14. The van der Waals surface area contributed by atoms with E-state index in [1.807, 2.05) is 25.1 Å². The van der Waals surface area contributed by atoms with Crippen LogP contribution in [0, 0.1) is 0 Å². The van der Waals surface area contributed by atoms with Crippen LogP contribution in [0.3, 0.4) is 0 Å². The van der Waals surface area contributed by atoms with E-state index in [0.717, 1.165) is 16.9 Å². The topological polar surface area (TPSA) is 120 Å². The highest BCUT2D eigenvalue weighted by Gasteiger charge is 2.16. The van der Waals surface area contributed by atoms with Gasteiger partial charge in [0.1, 0.15) is 11.8 Å². The first-order valence-corrected chi connectivity index (χ1v) is 8.85. The third-order valence-corrected chi connectivity index (χ3v) is 4.25. The quantitative estimate of drug-likeness (QED) is 0.666. The van der Waals surface area contributed by atoms with E-state index in [1.54, 1.807) is 24.3 Å². The van der Waals surface area contributed by atoms with Crippen LogP contribution >= 0.6 is 0 Å². The van der Waals surface area contributed by atoms with Crippen molar-refractivity contribution in [1.82, 2.24) is 5.32 Å². The molecule has 2 atom stereocenters. The van der Waals surface area contributed by atoms with Crippen LogP contribution in [-0.4, -0.2) is 36.0 Å². The Kier molecular flexibility index (Phi) is 6.00. The van der Waals surface area contributed by atoms with Gasteiger partial charge in [0.2, 0.25) is 6.79 Å². The van der Waals surface area contributed by atoms with Crippen molar-refractivity contribution in [2.45, 2.75) is 31.8 Å². The largest absolute Gasteiger partial charge is 0.480 e. The average Bonchev–Trinajstić information content (AvgIpc) is 3.10. The Morgan fingerprint density at radius 2 is 1.79 bits per heavy atom. The Bertz CT molecular complexity index is 852. The van der Waals surface area contributed by atoms with E-state index in [-0.39, 0.29) is 19.3 Å². The van der Waals surface area contributed by atoms with E-state index in [2.05, 4.69) is 5.32 Å². The minimum Gasteiger partial charge on any atom is -0.480 e. The highest BCUT2D eigenvalue weighted by atomic mass is 16.7.